The van der Waals surface area contributed by atoms with Crippen LogP contribution in [0.1, 0.15) is 39.7 Å². The predicted octanol–water partition coefficient (Wildman–Crippen LogP) is 2.28. The maximum Gasteiger partial charge on any atom is 0.191 e. The van der Waals surface area contributed by atoms with Crippen molar-refractivity contribution in [3.8, 4) is 0 Å². The van der Waals surface area contributed by atoms with Crippen LogP contribution >= 0.6 is 0 Å². The molecule has 0 aromatic heterocycles. The molecule has 0 bridgehead atoms. The Morgan fingerprint density at radius 2 is 1.63 bits per heavy atom. The summed E-state index contributed by atoms with van der Waals surface area (Å²) in [5, 5.41) is 6.49. The summed E-state index contributed by atoms with van der Waals surface area (Å²) in [6.07, 6.45) is 0.556. The molecule has 0 amide bonds. The minimum absolute atomic E-state index is 0.0983. The van der Waals surface area contributed by atoms with Gasteiger partial charge in [0.1, 0.15) is 0 Å². The quantitative estimate of drug-likeness (QED) is 0.341. The third kappa shape index (κ3) is 9.77. The predicted molar refractivity (Wildman–Crippen MR) is 115 cm³/mol. The molecule has 27 heavy (non-hydrogen) atoms. The largest absolute Gasteiger partial charge is 0.356 e. The molecular formula is C20H36N4O2S. The highest BCUT2D eigenvalue weighted by molar-refractivity contribution is 7.90. The lowest BCUT2D eigenvalue weighted by atomic mass is 10.2. The Hall–Kier alpha value is -1.60. The van der Waals surface area contributed by atoms with Crippen molar-refractivity contribution in [1.29, 1.82) is 0 Å². The van der Waals surface area contributed by atoms with Crippen molar-refractivity contribution in [2.75, 3.05) is 32.4 Å². The van der Waals surface area contributed by atoms with Crippen LogP contribution < -0.4 is 10.6 Å². The van der Waals surface area contributed by atoms with Gasteiger partial charge < -0.3 is 10.6 Å². The van der Waals surface area contributed by atoms with Gasteiger partial charge in [-0.2, -0.15) is 0 Å². The molecule has 0 aliphatic carbocycles. The molecule has 0 saturated carbocycles. The number of hydrogen-bond donors (Lipinski definition) is 2. The zero-order valence-corrected chi connectivity index (χ0v) is 18.2. The first-order chi connectivity index (χ1) is 12.7. The van der Waals surface area contributed by atoms with Gasteiger partial charge in [-0.25, -0.2) is 8.42 Å². The number of nitrogens with zero attached hydrogens (tertiary/aromatic N) is 2. The van der Waals surface area contributed by atoms with Gasteiger partial charge in [0.15, 0.2) is 15.8 Å². The smallest absolute Gasteiger partial charge is 0.191 e. The Balaban J connectivity index is 2.31. The van der Waals surface area contributed by atoms with Crippen LogP contribution in [0.5, 0.6) is 0 Å². The zero-order valence-electron chi connectivity index (χ0n) is 17.4. The first-order valence-electron chi connectivity index (χ1n) is 9.69. The Morgan fingerprint density at radius 1 is 1.04 bits per heavy atom. The van der Waals surface area contributed by atoms with E-state index in [2.05, 4.69) is 48.2 Å². The lowest BCUT2D eigenvalue weighted by Gasteiger charge is -2.30. The van der Waals surface area contributed by atoms with Crippen LogP contribution in [-0.2, 0) is 15.6 Å². The van der Waals surface area contributed by atoms with Crippen molar-refractivity contribution in [3.05, 3.63) is 35.9 Å². The van der Waals surface area contributed by atoms with Crippen LogP contribution in [0.4, 0.5) is 0 Å². The fraction of sp³-hybridized carbons (Fsp3) is 0.650. The second-order valence-electron chi connectivity index (χ2n) is 7.28. The number of guanidine groups is 1. The molecule has 1 aromatic rings. The molecule has 1 rings (SSSR count). The van der Waals surface area contributed by atoms with Crippen molar-refractivity contribution < 1.29 is 8.42 Å². The molecule has 0 saturated heterocycles. The summed E-state index contributed by atoms with van der Waals surface area (Å²) in [5.41, 5.74) is 0.836. The molecule has 1 aromatic carbocycles. The molecule has 0 aliphatic rings. The van der Waals surface area contributed by atoms with Gasteiger partial charge in [-0.15, -0.1) is 0 Å². The van der Waals surface area contributed by atoms with Crippen molar-refractivity contribution in [2.24, 2.45) is 4.99 Å². The van der Waals surface area contributed by atoms with E-state index in [-0.39, 0.29) is 11.5 Å². The van der Waals surface area contributed by atoms with Gasteiger partial charge in [0.2, 0.25) is 0 Å². The Labute approximate surface area is 165 Å². The summed E-state index contributed by atoms with van der Waals surface area (Å²) in [6, 6.07) is 10.3. The Morgan fingerprint density at radius 3 is 2.19 bits per heavy atom. The number of nitrogens with one attached hydrogen (secondary N) is 2. The number of rotatable bonds is 11. The molecule has 6 nitrogen and oxygen atoms in total. The lowest BCUT2D eigenvalue weighted by Crippen LogP contribution is -2.45. The molecule has 0 fully saturated rings. The highest BCUT2D eigenvalue weighted by Gasteiger charge is 2.13. The second kappa shape index (κ2) is 12.0. The van der Waals surface area contributed by atoms with E-state index in [9.17, 15) is 8.42 Å². The van der Waals surface area contributed by atoms with Crippen molar-refractivity contribution in [2.45, 2.75) is 52.0 Å². The van der Waals surface area contributed by atoms with Crippen molar-refractivity contribution in [3.63, 3.8) is 0 Å². The zero-order chi connectivity index (χ0) is 20.3. The first kappa shape index (κ1) is 23.4. The van der Waals surface area contributed by atoms with Crippen LogP contribution in [0, 0.1) is 0 Å². The molecule has 0 atom stereocenters. The fourth-order valence-corrected chi connectivity index (χ4v) is 4.46. The van der Waals surface area contributed by atoms with Gasteiger partial charge in [-0.3, -0.25) is 9.89 Å². The number of benzene rings is 1. The third-order valence-corrected chi connectivity index (χ3v) is 6.05. The number of sulfone groups is 1. The van der Waals surface area contributed by atoms with Crippen LogP contribution in [-0.4, -0.2) is 63.8 Å². The molecular weight excluding hydrogens is 360 g/mol. The molecule has 7 heteroatoms. The summed E-state index contributed by atoms with van der Waals surface area (Å²) < 4.78 is 24.4. The third-order valence-electron chi connectivity index (χ3n) is 4.37. The van der Waals surface area contributed by atoms with Crippen molar-refractivity contribution in [1.82, 2.24) is 15.5 Å². The summed E-state index contributed by atoms with van der Waals surface area (Å²) in [5.74, 6) is 0.976. The van der Waals surface area contributed by atoms with E-state index in [0.717, 1.165) is 18.7 Å². The molecule has 0 heterocycles. The van der Waals surface area contributed by atoms with Gasteiger partial charge in [-0.05, 0) is 39.7 Å². The lowest BCUT2D eigenvalue weighted by molar-refractivity contribution is 0.178. The molecule has 0 spiro atoms. The molecule has 0 radical (unpaired) electrons. The molecule has 0 unspecified atom stereocenters. The minimum Gasteiger partial charge on any atom is -0.356 e. The van der Waals surface area contributed by atoms with Crippen LogP contribution in [0.3, 0.4) is 0 Å². The van der Waals surface area contributed by atoms with E-state index in [0.29, 0.717) is 31.0 Å². The van der Waals surface area contributed by atoms with E-state index in [1.54, 1.807) is 7.05 Å². The van der Waals surface area contributed by atoms with E-state index in [1.165, 1.54) is 0 Å². The highest BCUT2D eigenvalue weighted by atomic mass is 32.2. The topological polar surface area (TPSA) is 73.8 Å². The maximum absolute atomic E-state index is 12.2. The summed E-state index contributed by atoms with van der Waals surface area (Å²) in [4.78, 5) is 6.62. The van der Waals surface area contributed by atoms with Crippen LogP contribution in [0.25, 0.3) is 0 Å². The minimum atomic E-state index is -3.09. The molecule has 154 valence electrons. The standard InChI is InChI=1S/C20H36N4O2S/c1-17(2)24(18(3)4)14-13-23-20(21-5)22-12-9-15-27(25,26)16-19-10-7-6-8-11-19/h6-8,10-11,17-18H,9,12-16H2,1-5H3,(H2,21,22,23). The van der Waals surface area contributed by atoms with Gasteiger partial charge in [-0.1, -0.05) is 30.3 Å². The maximum atomic E-state index is 12.2. The van der Waals surface area contributed by atoms with Gasteiger partial charge >= 0.3 is 0 Å². The molecule has 0 aliphatic heterocycles. The van der Waals surface area contributed by atoms with Gasteiger partial charge in [0.25, 0.3) is 0 Å². The average molecular weight is 397 g/mol. The van der Waals surface area contributed by atoms with Crippen molar-refractivity contribution >= 4 is 15.8 Å². The summed E-state index contributed by atoms with van der Waals surface area (Å²) in [6.45, 7) is 11.1. The first-order valence-corrected chi connectivity index (χ1v) is 11.5. The van der Waals surface area contributed by atoms with Crippen LogP contribution in [0.15, 0.2) is 35.3 Å². The normalized spacial score (nSPS) is 12.8. The monoisotopic (exact) mass is 396 g/mol. The fourth-order valence-electron chi connectivity index (χ4n) is 3.04. The van der Waals surface area contributed by atoms with E-state index in [4.69, 9.17) is 0 Å². The summed E-state index contributed by atoms with van der Waals surface area (Å²) in [7, 11) is -1.37. The van der Waals surface area contributed by atoms with Crippen LogP contribution in [0.2, 0.25) is 0 Å². The number of hydrogen-bond acceptors (Lipinski definition) is 4. The highest BCUT2D eigenvalue weighted by Crippen LogP contribution is 2.07. The SMILES string of the molecule is CN=C(NCCCS(=O)(=O)Cc1ccccc1)NCCN(C(C)C)C(C)C. The second-order valence-corrected chi connectivity index (χ2v) is 9.47. The number of aliphatic imine (C=N–C) groups is 1. The molecule has 2 N–H and O–H groups in total. The Kier molecular flexibility index (Phi) is 10.4. The Bertz CT molecular complexity index is 650. The van der Waals surface area contributed by atoms with Gasteiger partial charge in [0, 0.05) is 38.8 Å². The average Bonchev–Trinajstić information content (AvgIpc) is 2.60. The van der Waals surface area contributed by atoms with E-state index >= 15 is 0 Å². The van der Waals surface area contributed by atoms with E-state index in [1.807, 2.05) is 30.3 Å². The summed E-state index contributed by atoms with van der Waals surface area (Å²) >= 11 is 0. The van der Waals surface area contributed by atoms with E-state index < -0.39 is 9.84 Å². The van der Waals surface area contributed by atoms with Gasteiger partial charge in [0.05, 0.1) is 11.5 Å².